The maximum absolute atomic E-state index is 6.14. The van der Waals surface area contributed by atoms with E-state index in [0.29, 0.717) is 24.2 Å². The molecule has 0 aliphatic rings. The van der Waals surface area contributed by atoms with Gasteiger partial charge in [0.15, 0.2) is 5.82 Å². The van der Waals surface area contributed by atoms with Crippen molar-refractivity contribution >= 4 is 11.6 Å². The summed E-state index contributed by atoms with van der Waals surface area (Å²) in [6.07, 6.45) is 0. The number of nitrogens with zero attached hydrogens (tertiary/aromatic N) is 2. The van der Waals surface area contributed by atoms with Gasteiger partial charge in [-0.15, -0.1) is 0 Å². The molecule has 0 fully saturated rings. The largest absolute Gasteiger partial charge is 0.338 e. The topological polar surface area (TPSA) is 51.0 Å². The van der Waals surface area contributed by atoms with E-state index in [4.69, 9.17) is 16.1 Å². The van der Waals surface area contributed by atoms with Gasteiger partial charge < -0.3 is 9.84 Å². The molecule has 108 valence electrons. The van der Waals surface area contributed by atoms with Crippen LogP contribution in [0.4, 0.5) is 0 Å². The molecule has 0 bridgehead atoms. The Kier molecular flexibility index (Phi) is 4.78. The zero-order chi connectivity index (χ0) is 14.7. The van der Waals surface area contributed by atoms with E-state index in [1.807, 2.05) is 26.0 Å². The molecular weight excluding hydrogens is 274 g/mol. The highest BCUT2D eigenvalue weighted by Crippen LogP contribution is 2.22. The molecule has 4 nitrogen and oxygen atoms in total. The number of aromatic nitrogens is 2. The Morgan fingerprint density at radius 3 is 2.60 bits per heavy atom. The highest BCUT2D eigenvalue weighted by Gasteiger charge is 2.21. The monoisotopic (exact) mass is 293 g/mol. The minimum Gasteiger partial charge on any atom is -0.338 e. The van der Waals surface area contributed by atoms with E-state index in [-0.39, 0.29) is 6.04 Å². The van der Waals surface area contributed by atoms with Crippen molar-refractivity contribution in [3.63, 3.8) is 0 Å². The van der Waals surface area contributed by atoms with Crippen LogP contribution in [0.25, 0.3) is 0 Å². The van der Waals surface area contributed by atoms with Gasteiger partial charge >= 0.3 is 0 Å². The summed E-state index contributed by atoms with van der Waals surface area (Å²) in [7, 11) is 0. The lowest BCUT2D eigenvalue weighted by Crippen LogP contribution is -2.25. The Bertz CT molecular complexity index is 580. The molecule has 0 spiro atoms. The number of nitrogens with one attached hydrogen (secondary N) is 1. The molecule has 1 N–H and O–H groups in total. The quantitative estimate of drug-likeness (QED) is 0.910. The summed E-state index contributed by atoms with van der Waals surface area (Å²) in [4.78, 5) is 4.31. The molecule has 0 aliphatic heterocycles. The molecule has 5 heteroatoms. The second-order valence-electron chi connectivity index (χ2n) is 5.37. The Labute approximate surface area is 124 Å². The lowest BCUT2D eigenvalue weighted by atomic mass is 10.0. The van der Waals surface area contributed by atoms with Crippen LogP contribution in [-0.4, -0.2) is 10.1 Å². The highest BCUT2D eigenvalue weighted by molar-refractivity contribution is 6.31. The van der Waals surface area contributed by atoms with E-state index in [1.54, 1.807) is 0 Å². The summed E-state index contributed by atoms with van der Waals surface area (Å²) >= 11 is 6.14. The van der Waals surface area contributed by atoms with Crippen LogP contribution < -0.4 is 5.32 Å². The SMILES string of the molecule is Cc1noc([C@H](NCc2ccc(C)c(Cl)c2)C(C)C)n1. The third-order valence-electron chi connectivity index (χ3n) is 3.24. The van der Waals surface area contributed by atoms with Gasteiger partial charge in [-0.05, 0) is 37.0 Å². The first-order chi connectivity index (χ1) is 9.47. The molecule has 0 saturated carbocycles. The van der Waals surface area contributed by atoms with Crippen LogP contribution in [0.2, 0.25) is 5.02 Å². The maximum atomic E-state index is 6.14. The third kappa shape index (κ3) is 3.58. The second kappa shape index (κ2) is 6.37. The van der Waals surface area contributed by atoms with Crippen LogP contribution in [0.3, 0.4) is 0 Å². The van der Waals surface area contributed by atoms with Gasteiger partial charge in [-0.1, -0.05) is 42.7 Å². The van der Waals surface area contributed by atoms with Crippen LogP contribution in [0, 0.1) is 19.8 Å². The van der Waals surface area contributed by atoms with Crippen molar-refractivity contribution in [1.82, 2.24) is 15.5 Å². The normalized spacial score (nSPS) is 12.9. The van der Waals surface area contributed by atoms with Crippen molar-refractivity contribution < 1.29 is 4.52 Å². The van der Waals surface area contributed by atoms with Crippen LogP contribution >= 0.6 is 11.6 Å². The standard InChI is InChI=1S/C15H20ClN3O/c1-9(2)14(15-18-11(4)19-20-15)17-8-12-6-5-10(3)13(16)7-12/h5-7,9,14,17H,8H2,1-4H3/t14-/m1/s1. The number of rotatable bonds is 5. The maximum Gasteiger partial charge on any atom is 0.244 e. The van der Waals surface area contributed by atoms with E-state index in [0.717, 1.165) is 16.1 Å². The molecule has 20 heavy (non-hydrogen) atoms. The second-order valence-corrected chi connectivity index (χ2v) is 5.77. The van der Waals surface area contributed by atoms with E-state index < -0.39 is 0 Å². The fourth-order valence-corrected chi connectivity index (χ4v) is 2.22. The van der Waals surface area contributed by atoms with Gasteiger partial charge in [0.05, 0.1) is 6.04 Å². The summed E-state index contributed by atoms with van der Waals surface area (Å²) in [6, 6.07) is 6.13. The predicted molar refractivity (Wildman–Crippen MR) is 79.6 cm³/mol. The summed E-state index contributed by atoms with van der Waals surface area (Å²) in [5.41, 5.74) is 2.23. The Morgan fingerprint density at radius 1 is 1.30 bits per heavy atom. The Hall–Kier alpha value is -1.39. The van der Waals surface area contributed by atoms with Crippen LogP contribution in [0.5, 0.6) is 0 Å². The fourth-order valence-electron chi connectivity index (χ4n) is 2.02. The molecule has 1 atom stereocenters. The van der Waals surface area contributed by atoms with Crippen molar-refractivity contribution in [2.24, 2.45) is 5.92 Å². The molecule has 1 heterocycles. The Morgan fingerprint density at radius 2 is 2.05 bits per heavy atom. The molecular formula is C15H20ClN3O. The number of benzene rings is 1. The van der Waals surface area contributed by atoms with E-state index >= 15 is 0 Å². The smallest absolute Gasteiger partial charge is 0.244 e. The van der Waals surface area contributed by atoms with Gasteiger partial charge in [-0.2, -0.15) is 4.98 Å². The molecule has 0 radical (unpaired) electrons. The molecule has 0 saturated heterocycles. The molecule has 2 aromatic rings. The Balaban J connectivity index is 2.07. The van der Waals surface area contributed by atoms with Gasteiger partial charge in [0.25, 0.3) is 0 Å². The van der Waals surface area contributed by atoms with Gasteiger partial charge in [0.1, 0.15) is 0 Å². The molecule has 1 aromatic carbocycles. The first kappa shape index (κ1) is 15.0. The summed E-state index contributed by atoms with van der Waals surface area (Å²) in [5, 5.41) is 8.10. The highest BCUT2D eigenvalue weighted by atomic mass is 35.5. The number of hydrogen-bond acceptors (Lipinski definition) is 4. The lowest BCUT2D eigenvalue weighted by Gasteiger charge is -2.18. The summed E-state index contributed by atoms with van der Waals surface area (Å²) in [5.74, 6) is 1.65. The minimum absolute atomic E-state index is 0.0382. The first-order valence-corrected chi connectivity index (χ1v) is 7.13. The number of hydrogen-bond donors (Lipinski definition) is 1. The molecule has 0 unspecified atom stereocenters. The summed E-state index contributed by atoms with van der Waals surface area (Å²) < 4.78 is 5.27. The first-order valence-electron chi connectivity index (χ1n) is 6.76. The van der Waals surface area contributed by atoms with Crippen molar-refractivity contribution in [2.45, 2.75) is 40.3 Å². The summed E-state index contributed by atoms with van der Waals surface area (Å²) in [6.45, 7) is 8.78. The van der Waals surface area contributed by atoms with Crippen molar-refractivity contribution in [3.8, 4) is 0 Å². The zero-order valence-corrected chi connectivity index (χ0v) is 13.0. The van der Waals surface area contributed by atoms with E-state index in [2.05, 4.69) is 35.4 Å². The number of halogens is 1. The van der Waals surface area contributed by atoms with Gasteiger partial charge in [0, 0.05) is 11.6 Å². The minimum atomic E-state index is 0.0382. The average Bonchev–Trinajstić information content (AvgIpc) is 2.80. The number of aryl methyl sites for hydroxylation is 2. The van der Waals surface area contributed by atoms with Gasteiger partial charge in [-0.3, -0.25) is 0 Å². The molecule has 0 aliphatic carbocycles. The van der Waals surface area contributed by atoms with Crippen LogP contribution in [0.15, 0.2) is 22.7 Å². The van der Waals surface area contributed by atoms with Gasteiger partial charge in [-0.25, -0.2) is 0 Å². The van der Waals surface area contributed by atoms with Crippen molar-refractivity contribution in [3.05, 3.63) is 46.1 Å². The van der Waals surface area contributed by atoms with Crippen molar-refractivity contribution in [2.75, 3.05) is 0 Å². The van der Waals surface area contributed by atoms with Crippen LogP contribution in [0.1, 0.15) is 42.7 Å². The fraction of sp³-hybridized carbons (Fsp3) is 0.467. The molecule has 2 rings (SSSR count). The predicted octanol–water partition coefficient (Wildman–Crippen LogP) is 3.83. The van der Waals surface area contributed by atoms with Crippen LogP contribution in [-0.2, 0) is 6.54 Å². The average molecular weight is 294 g/mol. The molecule has 0 amide bonds. The van der Waals surface area contributed by atoms with E-state index in [1.165, 1.54) is 0 Å². The third-order valence-corrected chi connectivity index (χ3v) is 3.65. The zero-order valence-electron chi connectivity index (χ0n) is 12.3. The molecule has 1 aromatic heterocycles. The van der Waals surface area contributed by atoms with Gasteiger partial charge in [0.2, 0.25) is 5.89 Å². The van der Waals surface area contributed by atoms with E-state index in [9.17, 15) is 0 Å². The van der Waals surface area contributed by atoms with Crippen molar-refractivity contribution in [1.29, 1.82) is 0 Å². The lowest BCUT2D eigenvalue weighted by molar-refractivity contribution is 0.287.